The highest BCUT2D eigenvalue weighted by molar-refractivity contribution is 7.10. The van der Waals surface area contributed by atoms with Gasteiger partial charge in [0.25, 0.3) is 0 Å². The number of likely N-dealkylation sites (N-methyl/N-ethyl adjacent to an activating group) is 1. The Bertz CT molecular complexity index is 507. The van der Waals surface area contributed by atoms with Gasteiger partial charge in [-0.1, -0.05) is 0 Å². The third kappa shape index (κ3) is 2.54. The van der Waals surface area contributed by atoms with Crippen LogP contribution < -0.4 is 10.6 Å². The normalized spacial score (nSPS) is 12.4. The number of nitrogens with zero attached hydrogens (tertiary/aromatic N) is 1. The maximum absolute atomic E-state index is 12.9. The van der Waals surface area contributed by atoms with Crippen LogP contribution in [0.5, 0.6) is 0 Å². The van der Waals surface area contributed by atoms with Gasteiger partial charge in [-0.2, -0.15) is 0 Å². The predicted molar refractivity (Wildman–Crippen MR) is 75.7 cm³/mol. The summed E-state index contributed by atoms with van der Waals surface area (Å²) in [6.07, 6.45) is 0. The van der Waals surface area contributed by atoms with Crippen LogP contribution in [-0.4, -0.2) is 13.6 Å². The summed E-state index contributed by atoms with van der Waals surface area (Å²) in [6, 6.07) is 8.74. The molecule has 1 aromatic carbocycles. The molecule has 0 spiro atoms. The van der Waals surface area contributed by atoms with E-state index < -0.39 is 0 Å². The lowest BCUT2D eigenvalue weighted by Crippen LogP contribution is -2.30. The average Bonchev–Trinajstić information content (AvgIpc) is 2.78. The van der Waals surface area contributed by atoms with Crippen molar-refractivity contribution in [2.24, 2.45) is 5.73 Å². The Hall–Kier alpha value is -1.39. The Kier molecular flexibility index (Phi) is 3.99. The molecule has 0 radical (unpaired) electrons. The molecule has 0 amide bonds. The van der Waals surface area contributed by atoms with Crippen molar-refractivity contribution >= 4 is 17.0 Å². The van der Waals surface area contributed by atoms with Gasteiger partial charge in [0, 0.05) is 24.2 Å². The summed E-state index contributed by atoms with van der Waals surface area (Å²) in [5.41, 5.74) is 8.12. The fraction of sp³-hybridized carbons (Fsp3) is 0.286. The highest BCUT2D eigenvalue weighted by Gasteiger charge is 2.18. The molecule has 0 aliphatic carbocycles. The third-order valence-corrected chi connectivity index (χ3v) is 4.25. The van der Waals surface area contributed by atoms with E-state index in [9.17, 15) is 4.39 Å². The first kappa shape index (κ1) is 13.1. The zero-order valence-corrected chi connectivity index (χ0v) is 11.4. The van der Waals surface area contributed by atoms with E-state index >= 15 is 0 Å². The molecule has 0 fully saturated rings. The topological polar surface area (TPSA) is 29.3 Å². The highest BCUT2D eigenvalue weighted by Crippen LogP contribution is 2.30. The number of aryl methyl sites for hydroxylation is 1. The van der Waals surface area contributed by atoms with Gasteiger partial charge < -0.3 is 10.6 Å². The fourth-order valence-electron chi connectivity index (χ4n) is 2.02. The van der Waals surface area contributed by atoms with Gasteiger partial charge in [0.15, 0.2) is 0 Å². The van der Waals surface area contributed by atoms with Crippen molar-refractivity contribution in [3.63, 3.8) is 0 Å². The summed E-state index contributed by atoms with van der Waals surface area (Å²) in [4.78, 5) is 3.36. The summed E-state index contributed by atoms with van der Waals surface area (Å²) in [5, 5.41) is 2.08. The molecule has 1 atom stereocenters. The van der Waals surface area contributed by atoms with E-state index in [1.165, 1.54) is 22.6 Å². The van der Waals surface area contributed by atoms with Crippen LogP contribution in [0.1, 0.15) is 16.5 Å². The second-order valence-electron chi connectivity index (χ2n) is 4.31. The molecule has 0 aliphatic rings. The maximum Gasteiger partial charge on any atom is 0.123 e. The number of thiophene rings is 1. The maximum atomic E-state index is 12.9. The van der Waals surface area contributed by atoms with E-state index in [2.05, 4.69) is 23.3 Å². The number of anilines is 1. The molecular weight excluding hydrogens is 247 g/mol. The molecule has 1 heterocycles. The number of benzene rings is 1. The highest BCUT2D eigenvalue weighted by atomic mass is 32.1. The average molecular weight is 264 g/mol. The Morgan fingerprint density at radius 1 is 1.28 bits per heavy atom. The third-order valence-electron chi connectivity index (χ3n) is 3.13. The summed E-state index contributed by atoms with van der Waals surface area (Å²) in [5.74, 6) is -0.219. The number of rotatable bonds is 4. The van der Waals surface area contributed by atoms with Crippen LogP contribution in [0.3, 0.4) is 0 Å². The first-order valence-corrected chi connectivity index (χ1v) is 6.74. The number of hydrogen-bond donors (Lipinski definition) is 1. The van der Waals surface area contributed by atoms with Gasteiger partial charge in [-0.25, -0.2) is 4.39 Å². The SMILES string of the molecule is Cc1ccsc1C(CN)N(C)c1ccc(F)cc1. The Labute approximate surface area is 111 Å². The van der Waals surface area contributed by atoms with Crippen LogP contribution in [0.25, 0.3) is 0 Å². The molecule has 2 N–H and O–H groups in total. The van der Waals surface area contributed by atoms with Gasteiger partial charge in [0.2, 0.25) is 0 Å². The minimum Gasteiger partial charge on any atom is -0.365 e. The van der Waals surface area contributed by atoms with Crippen LogP contribution in [0.4, 0.5) is 10.1 Å². The zero-order valence-electron chi connectivity index (χ0n) is 10.6. The first-order chi connectivity index (χ1) is 8.63. The van der Waals surface area contributed by atoms with Gasteiger partial charge in [-0.05, 0) is 48.2 Å². The van der Waals surface area contributed by atoms with Crippen molar-refractivity contribution in [3.05, 3.63) is 52.0 Å². The van der Waals surface area contributed by atoms with E-state index in [-0.39, 0.29) is 11.9 Å². The lowest BCUT2D eigenvalue weighted by molar-refractivity contribution is 0.626. The molecule has 18 heavy (non-hydrogen) atoms. The number of hydrogen-bond acceptors (Lipinski definition) is 3. The lowest BCUT2D eigenvalue weighted by atomic mass is 10.1. The van der Waals surface area contributed by atoms with Gasteiger partial charge in [0.05, 0.1) is 6.04 Å². The van der Waals surface area contributed by atoms with E-state index in [1.54, 1.807) is 23.5 Å². The molecule has 96 valence electrons. The molecule has 0 saturated carbocycles. The van der Waals surface area contributed by atoms with Crippen molar-refractivity contribution in [2.75, 3.05) is 18.5 Å². The summed E-state index contributed by atoms with van der Waals surface area (Å²) < 4.78 is 12.9. The molecule has 2 aromatic rings. The molecular formula is C14H17FN2S. The monoisotopic (exact) mass is 264 g/mol. The Balaban J connectivity index is 2.28. The predicted octanol–water partition coefficient (Wildman–Crippen LogP) is 3.33. The Morgan fingerprint density at radius 2 is 1.94 bits per heavy atom. The lowest BCUT2D eigenvalue weighted by Gasteiger charge is -2.29. The molecule has 4 heteroatoms. The molecule has 1 aromatic heterocycles. The van der Waals surface area contributed by atoms with Crippen LogP contribution in [0.15, 0.2) is 35.7 Å². The molecule has 0 aliphatic heterocycles. The van der Waals surface area contributed by atoms with Crippen molar-refractivity contribution in [3.8, 4) is 0 Å². The minimum absolute atomic E-state index is 0.135. The smallest absolute Gasteiger partial charge is 0.123 e. The van der Waals surface area contributed by atoms with Crippen molar-refractivity contribution < 1.29 is 4.39 Å². The van der Waals surface area contributed by atoms with Crippen LogP contribution in [0.2, 0.25) is 0 Å². The van der Waals surface area contributed by atoms with Gasteiger partial charge in [0.1, 0.15) is 5.82 Å². The molecule has 0 saturated heterocycles. The van der Waals surface area contributed by atoms with E-state index in [4.69, 9.17) is 5.73 Å². The fourth-order valence-corrected chi connectivity index (χ4v) is 3.11. The molecule has 2 rings (SSSR count). The first-order valence-electron chi connectivity index (χ1n) is 5.86. The van der Waals surface area contributed by atoms with Crippen molar-refractivity contribution in [1.82, 2.24) is 0 Å². The van der Waals surface area contributed by atoms with Crippen LogP contribution >= 0.6 is 11.3 Å². The van der Waals surface area contributed by atoms with Crippen LogP contribution in [0, 0.1) is 12.7 Å². The van der Waals surface area contributed by atoms with Gasteiger partial charge in [-0.3, -0.25) is 0 Å². The largest absolute Gasteiger partial charge is 0.365 e. The van der Waals surface area contributed by atoms with Crippen LogP contribution in [-0.2, 0) is 0 Å². The van der Waals surface area contributed by atoms with Gasteiger partial charge >= 0.3 is 0 Å². The van der Waals surface area contributed by atoms with Crippen molar-refractivity contribution in [1.29, 1.82) is 0 Å². The number of halogens is 1. The molecule has 0 bridgehead atoms. The van der Waals surface area contributed by atoms with Gasteiger partial charge in [-0.15, -0.1) is 11.3 Å². The minimum atomic E-state index is -0.219. The van der Waals surface area contributed by atoms with Crippen molar-refractivity contribution in [2.45, 2.75) is 13.0 Å². The number of nitrogens with two attached hydrogens (primary N) is 1. The molecule has 2 nitrogen and oxygen atoms in total. The zero-order chi connectivity index (χ0) is 13.1. The second-order valence-corrected chi connectivity index (χ2v) is 5.25. The quantitative estimate of drug-likeness (QED) is 0.917. The van der Waals surface area contributed by atoms with E-state index in [0.29, 0.717) is 6.54 Å². The van der Waals surface area contributed by atoms with E-state index in [1.807, 2.05) is 7.05 Å². The summed E-state index contributed by atoms with van der Waals surface area (Å²) in [6.45, 7) is 2.63. The standard InChI is InChI=1S/C14H17FN2S/c1-10-7-8-18-14(10)13(9-16)17(2)12-5-3-11(15)4-6-12/h3-8,13H,9,16H2,1-2H3. The molecule has 1 unspecified atom stereocenters. The van der Waals surface area contributed by atoms with E-state index in [0.717, 1.165) is 5.69 Å². The Morgan fingerprint density at radius 3 is 2.44 bits per heavy atom. The summed E-state index contributed by atoms with van der Waals surface area (Å²) in [7, 11) is 1.99. The second kappa shape index (κ2) is 5.50. The summed E-state index contributed by atoms with van der Waals surface area (Å²) >= 11 is 1.71.